The van der Waals surface area contributed by atoms with Gasteiger partial charge in [0.2, 0.25) is 5.78 Å². The number of allylic oxidation sites excluding steroid dienone is 1. The molecule has 1 saturated heterocycles. The minimum Gasteiger partial charge on any atom is -0.478 e. The second-order valence-corrected chi connectivity index (χ2v) is 5.00. The van der Waals surface area contributed by atoms with Gasteiger partial charge < -0.3 is 9.84 Å². The predicted molar refractivity (Wildman–Crippen MR) is 81.3 cm³/mol. The number of rotatable bonds is 3. The van der Waals surface area contributed by atoms with E-state index in [4.69, 9.17) is 4.74 Å². The summed E-state index contributed by atoms with van der Waals surface area (Å²) in [7, 11) is 0. The molecule has 0 saturated carbocycles. The van der Waals surface area contributed by atoms with Crippen molar-refractivity contribution in [2.45, 2.75) is 5.92 Å². The van der Waals surface area contributed by atoms with Crippen molar-refractivity contribution in [3.05, 3.63) is 77.5 Å². The smallest absolute Gasteiger partial charge is 0.340 e. The monoisotopic (exact) mass is 308 g/mol. The summed E-state index contributed by atoms with van der Waals surface area (Å²) in [5.74, 6) is -4.25. The molecule has 0 aromatic heterocycles. The number of carbonyl (C=O) groups excluding carboxylic acids is 2. The van der Waals surface area contributed by atoms with Crippen LogP contribution in [0.2, 0.25) is 0 Å². The van der Waals surface area contributed by atoms with Gasteiger partial charge in [-0.2, -0.15) is 0 Å². The van der Waals surface area contributed by atoms with Crippen molar-refractivity contribution in [2.24, 2.45) is 0 Å². The van der Waals surface area contributed by atoms with Gasteiger partial charge in [-0.05, 0) is 11.1 Å². The standard InChI is InChI=1S/C18H12O5/c19-15-13(11-7-3-1-4-8-11)18(22)23-16(15)14(17(20)21)12-9-5-2-6-10-12/h1-10,13H,(H,20,21)/b16-14+/t13-/m1/s1. The fraction of sp³-hybridized carbons (Fsp3) is 0.0556. The molecule has 1 atom stereocenters. The number of Topliss-reactive ketones (excluding diaryl/α,β-unsaturated/α-hetero) is 1. The molecule has 0 bridgehead atoms. The predicted octanol–water partition coefficient (Wildman–Crippen LogP) is 2.39. The first-order valence-electron chi connectivity index (χ1n) is 6.93. The molecule has 0 unspecified atom stereocenters. The average molecular weight is 308 g/mol. The van der Waals surface area contributed by atoms with Crippen molar-refractivity contribution in [1.29, 1.82) is 0 Å². The third-order valence-electron chi connectivity index (χ3n) is 3.56. The maximum Gasteiger partial charge on any atom is 0.340 e. The topological polar surface area (TPSA) is 80.7 Å². The summed E-state index contributed by atoms with van der Waals surface area (Å²) in [4.78, 5) is 36.2. The molecular weight excluding hydrogens is 296 g/mol. The number of hydrogen-bond acceptors (Lipinski definition) is 4. The Bertz CT molecular complexity index is 806. The lowest BCUT2D eigenvalue weighted by molar-refractivity contribution is -0.136. The lowest BCUT2D eigenvalue weighted by Crippen LogP contribution is -2.13. The Balaban J connectivity index is 2.11. The van der Waals surface area contributed by atoms with E-state index in [2.05, 4.69) is 0 Å². The number of cyclic esters (lactones) is 1. The number of carboxylic acid groups (broad SMARTS) is 1. The van der Waals surface area contributed by atoms with Crippen LogP contribution in [0.15, 0.2) is 66.4 Å². The first-order chi connectivity index (χ1) is 11.1. The molecule has 0 spiro atoms. The van der Waals surface area contributed by atoms with Gasteiger partial charge in [0.25, 0.3) is 0 Å². The van der Waals surface area contributed by atoms with Gasteiger partial charge in [-0.3, -0.25) is 9.59 Å². The molecule has 1 heterocycles. The zero-order valence-corrected chi connectivity index (χ0v) is 11.9. The van der Waals surface area contributed by atoms with Crippen LogP contribution in [0.1, 0.15) is 17.0 Å². The molecule has 1 aliphatic rings. The number of ether oxygens (including phenoxy) is 1. The molecule has 0 radical (unpaired) electrons. The van der Waals surface area contributed by atoms with Crippen LogP contribution in [0.25, 0.3) is 5.57 Å². The molecule has 2 aromatic carbocycles. The summed E-state index contributed by atoms with van der Waals surface area (Å²) in [5, 5.41) is 9.45. The minimum absolute atomic E-state index is 0.303. The van der Waals surface area contributed by atoms with Crippen molar-refractivity contribution in [1.82, 2.24) is 0 Å². The van der Waals surface area contributed by atoms with Crippen molar-refractivity contribution >= 4 is 23.3 Å². The highest BCUT2D eigenvalue weighted by Crippen LogP contribution is 2.34. The van der Waals surface area contributed by atoms with Crippen molar-refractivity contribution in [2.75, 3.05) is 0 Å². The molecule has 0 amide bonds. The number of ketones is 1. The Labute approximate surface area is 131 Å². The lowest BCUT2D eigenvalue weighted by atomic mass is 9.93. The molecular formula is C18H12O5. The van der Waals surface area contributed by atoms with Gasteiger partial charge in [0.1, 0.15) is 11.5 Å². The van der Waals surface area contributed by atoms with E-state index in [1.54, 1.807) is 60.7 Å². The minimum atomic E-state index is -1.32. The van der Waals surface area contributed by atoms with Crippen LogP contribution >= 0.6 is 0 Å². The van der Waals surface area contributed by atoms with Crippen LogP contribution in [0.3, 0.4) is 0 Å². The summed E-state index contributed by atoms with van der Waals surface area (Å²) in [5.41, 5.74) is 0.488. The van der Waals surface area contributed by atoms with Crippen LogP contribution in [0.5, 0.6) is 0 Å². The van der Waals surface area contributed by atoms with Crippen molar-refractivity contribution in [3.63, 3.8) is 0 Å². The van der Waals surface area contributed by atoms with Gasteiger partial charge in [-0.15, -0.1) is 0 Å². The summed E-state index contributed by atoms with van der Waals surface area (Å²) >= 11 is 0. The summed E-state index contributed by atoms with van der Waals surface area (Å²) < 4.78 is 5.03. The van der Waals surface area contributed by atoms with E-state index >= 15 is 0 Å². The van der Waals surface area contributed by atoms with Gasteiger partial charge in [0, 0.05) is 0 Å². The normalized spacial score (nSPS) is 19.4. The van der Waals surface area contributed by atoms with E-state index in [-0.39, 0.29) is 5.57 Å². The Hall–Kier alpha value is -3.21. The first kappa shape index (κ1) is 14.7. The highest BCUT2D eigenvalue weighted by molar-refractivity contribution is 6.28. The van der Waals surface area contributed by atoms with Crippen LogP contribution in [0.4, 0.5) is 0 Å². The van der Waals surface area contributed by atoms with E-state index in [0.29, 0.717) is 11.1 Å². The maximum absolute atomic E-state index is 12.6. The first-order valence-corrected chi connectivity index (χ1v) is 6.93. The van der Waals surface area contributed by atoms with Gasteiger partial charge in [0.05, 0.1) is 0 Å². The van der Waals surface area contributed by atoms with Crippen LogP contribution in [0, 0.1) is 0 Å². The fourth-order valence-electron chi connectivity index (χ4n) is 2.51. The average Bonchev–Trinajstić information content (AvgIpc) is 2.84. The maximum atomic E-state index is 12.6. The second kappa shape index (κ2) is 5.88. The SMILES string of the molecule is O=C(O)/C(=C1/OC(=O)[C@H](c2ccccc2)C1=O)c1ccccc1. The van der Waals surface area contributed by atoms with Crippen molar-refractivity contribution in [3.8, 4) is 0 Å². The summed E-state index contributed by atoms with van der Waals surface area (Å²) in [6.45, 7) is 0. The number of carboxylic acids is 1. The summed E-state index contributed by atoms with van der Waals surface area (Å²) in [6, 6.07) is 16.6. The van der Waals surface area contributed by atoms with Gasteiger partial charge in [-0.1, -0.05) is 60.7 Å². The second-order valence-electron chi connectivity index (χ2n) is 5.00. The quantitative estimate of drug-likeness (QED) is 0.535. The largest absolute Gasteiger partial charge is 0.478 e. The van der Waals surface area contributed by atoms with E-state index in [9.17, 15) is 19.5 Å². The molecule has 2 aromatic rings. The van der Waals surface area contributed by atoms with Gasteiger partial charge in [-0.25, -0.2) is 4.79 Å². The molecule has 1 fully saturated rings. The number of aliphatic carboxylic acids is 1. The Morgan fingerprint density at radius 3 is 2.04 bits per heavy atom. The zero-order chi connectivity index (χ0) is 16.4. The third-order valence-corrected chi connectivity index (χ3v) is 3.56. The van der Waals surface area contributed by atoms with E-state index in [1.807, 2.05) is 0 Å². The Kier molecular flexibility index (Phi) is 3.76. The fourth-order valence-corrected chi connectivity index (χ4v) is 2.51. The van der Waals surface area contributed by atoms with Crippen molar-refractivity contribution < 1.29 is 24.2 Å². The molecule has 0 aliphatic carbocycles. The number of esters is 1. The summed E-state index contributed by atoms with van der Waals surface area (Å²) in [6.07, 6.45) is 0. The third kappa shape index (κ3) is 2.64. The molecule has 5 nitrogen and oxygen atoms in total. The molecule has 5 heteroatoms. The Morgan fingerprint density at radius 1 is 0.913 bits per heavy atom. The number of hydrogen-bond donors (Lipinski definition) is 1. The zero-order valence-electron chi connectivity index (χ0n) is 11.9. The molecule has 3 rings (SSSR count). The number of carbonyl (C=O) groups is 3. The molecule has 114 valence electrons. The number of benzene rings is 2. The molecule has 23 heavy (non-hydrogen) atoms. The molecule has 1 aliphatic heterocycles. The van der Waals surface area contributed by atoms with Crippen LogP contribution in [-0.4, -0.2) is 22.8 Å². The van der Waals surface area contributed by atoms with Crippen LogP contribution < -0.4 is 0 Å². The highest BCUT2D eigenvalue weighted by atomic mass is 16.6. The van der Waals surface area contributed by atoms with E-state index in [1.165, 1.54) is 0 Å². The van der Waals surface area contributed by atoms with E-state index < -0.39 is 29.4 Å². The lowest BCUT2D eigenvalue weighted by Gasteiger charge is -2.05. The Morgan fingerprint density at radius 2 is 1.48 bits per heavy atom. The highest BCUT2D eigenvalue weighted by Gasteiger charge is 2.44. The van der Waals surface area contributed by atoms with Gasteiger partial charge >= 0.3 is 11.9 Å². The van der Waals surface area contributed by atoms with E-state index in [0.717, 1.165) is 0 Å². The molecule has 1 N–H and O–H groups in total. The van der Waals surface area contributed by atoms with Crippen LogP contribution in [-0.2, 0) is 19.1 Å². The van der Waals surface area contributed by atoms with Gasteiger partial charge in [0.15, 0.2) is 5.76 Å².